The Morgan fingerprint density at radius 2 is 1.96 bits per heavy atom. The average molecular weight is 354 g/mol. The molecule has 1 amide bonds. The number of amides is 1. The first-order valence-electron chi connectivity index (χ1n) is 9.16. The normalized spacial score (nSPS) is 16.3. The molecule has 0 spiro atoms. The van der Waals surface area contributed by atoms with Crippen molar-refractivity contribution < 1.29 is 9.90 Å². The van der Waals surface area contributed by atoms with Crippen LogP contribution >= 0.6 is 0 Å². The van der Waals surface area contributed by atoms with Gasteiger partial charge in [-0.3, -0.25) is 9.78 Å². The molecule has 0 atom stereocenters. The van der Waals surface area contributed by atoms with Crippen molar-refractivity contribution in [2.24, 2.45) is 0 Å². The largest absolute Gasteiger partial charge is 0.383 e. The summed E-state index contributed by atoms with van der Waals surface area (Å²) in [4.78, 5) is 22.9. The van der Waals surface area contributed by atoms with Gasteiger partial charge in [0, 0.05) is 32.0 Å². The zero-order valence-corrected chi connectivity index (χ0v) is 15.4. The van der Waals surface area contributed by atoms with E-state index in [2.05, 4.69) is 20.2 Å². The van der Waals surface area contributed by atoms with Crippen LogP contribution < -0.4 is 10.2 Å². The van der Waals surface area contributed by atoms with Crippen LogP contribution in [0.4, 0.5) is 5.82 Å². The third-order valence-electron chi connectivity index (χ3n) is 4.85. The number of aliphatic hydroxyl groups is 1. The third-order valence-corrected chi connectivity index (χ3v) is 4.85. The van der Waals surface area contributed by atoms with Crippen LogP contribution in [0.25, 0.3) is 0 Å². The summed E-state index contributed by atoms with van der Waals surface area (Å²) in [5.41, 5.74) is 1.50. The van der Waals surface area contributed by atoms with E-state index in [1.807, 2.05) is 32.0 Å². The summed E-state index contributed by atoms with van der Waals surface area (Å²) in [6, 6.07) is 7.56. The van der Waals surface area contributed by atoms with Crippen molar-refractivity contribution in [2.75, 3.05) is 24.5 Å². The summed E-state index contributed by atoms with van der Waals surface area (Å²) in [5, 5.41) is 13.8. The van der Waals surface area contributed by atoms with Crippen LogP contribution in [0.3, 0.4) is 0 Å². The van der Waals surface area contributed by atoms with E-state index in [9.17, 15) is 9.90 Å². The Hall–Kier alpha value is -2.47. The first-order valence-corrected chi connectivity index (χ1v) is 9.16. The number of hydrogen-bond acceptors (Lipinski definition) is 5. The molecule has 0 bridgehead atoms. The second-order valence-electron chi connectivity index (χ2n) is 6.90. The van der Waals surface area contributed by atoms with Crippen LogP contribution in [0.15, 0.2) is 36.7 Å². The molecule has 138 valence electrons. The minimum Gasteiger partial charge on any atom is -0.383 e. The lowest BCUT2D eigenvalue weighted by Crippen LogP contribution is -2.43. The van der Waals surface area contributed by atoms with Crippen LogP contribution in [-0.4, -0.2) is 40.6 Å². The van der Waals surface area contributed by atoms with Gasteiger partial charge in [0.1, 0.15) is 11.4 Å². The molecule has 1 fully saturated rings. The van der Waals surface area contributed by atoms with Crippen molar-refractivity contribution in [1.82, 2.24) is 15.3 Å². The van der Waals surface area contributed by atoms with Gasteiger partial charge in [0.2, 0.25) is 0 Å². The van der Waals surface area contributed by atoms with E-state index in [0.29, 0.717) is 38.0 Å². The number of nitrogens with one attached hydrogen (secondary N) is 1. The highest BCUT2D eigenvalue weighted by Gasteiger charge is 2.35. The van der Waals surface area contributed by atoms with Gasteiger partial charge < -0.3 is 15.3 Å². The van der Waals surface area contributed by atoms with E-state index >= 15 is 0 Å². The van der Waals surface area contributed by atoms with Crippen molar-refractivity contribution in [3.63, 3.8) is 0 Å². The second-order valence-corrected chi connectivity index (χ2v) is 6.90. The van der Waals surface area contributed by atoms with Gasteiger partial charge in [0.25, 0.3) is 5.91 Å². The van der Waals surface area contributed by atoms with Gasteiger partial charge in [-0.25, -0.2) is 4.98 Å². The molecule has 0 saturated carbocycles. The molecule has 26 heavy (non-hydrogen) atoms. The Morgan fingerprint density at radius 3 is 2.54 bits per heavy atom. The van der Waals surface area contributed by atoms with E-state index in [1.165, 1.54) is 0 Å². The average Bonchev–Trinajstić information content (AvgIpc) is 2.67. The van der Waals surface area contributed by atoms with Gasteiger partial charge >= 0.3 is 0 Å². The standard InChI is InChI=1S/C20H26N4O2/c1-3-10-21-19(25)16-5-7-18(23-14-16)24-11-8-20(26,9-12-24)17-6-4-15(2)13-22-17/h4-7,13-14,26H,3,8-12H2,1-2H3,(H,21,25). The number of carbonyl (C=O) groups excluding carboxylic acids is 1. The van der Waals surface area contributed by atoms with Crippen molar-refractivity contribution in [1.29, 1.82) is 0 Å². The summed E-state index contributed by atoms with van der Waals surface area (Å²) in [6.07, 6.45) is 5.52. The van der Waals surface area contributed by atoms with E-state index in [-0.39, 0.29) is 5.91 Å². The molecule has 2 N–H and O–H groups in total. The fraction of sp³-hybridized carbons (Fsp3) is 0.450. The summed E-state index contributed by atoms with van der Waals surface area (Å²) in [5.74, 6) is 0.736. The highest BCUT2D eigenvalue weighted by Crippen LogP contribution is 2.33. The highest BCUT2D eigenvalue weighted by atomic mass is 16.3. The Bertz CT molecular complexity index is 735. The van der Waals surface area contributed by atoms with Crippen LogP contribution in [0.1, 0.15) is 47.8 Å². The molecule has 1 aliphatic rings. The molecule has 0 radical (unpaired) electrons. The van der Waals surface area contributed by atoms with Gasteiger partial charge in [-0.05, 0) is 49.9 Å². The van der Waals surface area contributed by atoms with Crippen molar-refractivity contribution >= 4 is 11.7 Å². The zero-order chi connectivity index (χ0) is 18.6. The molecule has 0 aromatic carbocycles. The van der Waals surface area contributed by atoms with Crippen LogP contribution in [0.5, 0.6) is 0 Å². The lowest BCUT2D eigenvalue weighted by atomic mass is 9.87. The molecule has 3 rings (SSSR count). The molecule has 6 heteroatoms. The lowest BCUT2D eigenvalue weighted by Gasteiger charge is -2.38. The van der Waals surface area contributed by atoms with E-state index in [1.54, 1.807) is 18.5 Å². The van der Waals surface area contributed by atoms with E-state index < -0.39 is 5.60 Å². The number of anilines is 1. The Kier molecular flexibility index (Phi) is 5.52. The zero-order valence-electron chi connectivity index (χ0n) is 15.4. The fourth-order valence-corrected chi connectivity index (χ4v) is 3.15. The van der Waals surface area contributed by atoms with Crippen LogP contribution in [0, 0.1) is 6.92 Å². The van der Waals surface area contributed by atoms with Crippen molar-refractivity contribution in [3.05, 3.63) is 53.5 Å². The molecule has 1 saturated heterocycles. The molecule has 1 aliphatic heterocycles. The number of rotatable bonds is 5. The minimum atomic E-state index is -0.885. The second kappa shape index (κ2) is 7.83. The first-order chi connectivity index (χ1) is 12.5. The van der Waals surface area contributed by atoms with Crippen LogP contribution in [0.2, 0.25) is 0 Å². The van der Waals surface area contributed by atoms with Gasteiger partial charge in [-0.2, -0.15) is 0 Å². The molecular weight excluding hydrogens is 328 g/mol. The van der Waals surface area contributed by atoms with Crippen LogP contribution in [-0.2, 0) is 5.60 Å². The topological polar surface area (TPSA) is 78.4 Å². The maximum atomic E-state index is 12.0. The van der Waals surface area contributed by atoms with Gasteiger partial charge in [-0.15, -0.1) is 0 Å². The fourth-order valence-electron chi connectivity index (χ4n) is 3.15. The molecule has 2 aromatic heterocycles. The number of carbonyl (C=O) groups is 1. The summed E-state index contributed by atoms with van der Waals surface area (Å²) in [7, 11) is 0. The molecular formula is C20H26N4O2. The minimum absolute atomic E-state index is 0.0932. The molecule has 3 heterocycles. The molecule has 0 aliphatic carbocycles. The Balaban J connectivity index is 1.62. The summed E-state index contributed by atoms with van der Waals surface area (Å²) in [6.45, 7) is 6.06. The maximum absolute atomic E-state index is 12.0. The van der Waals surface area contributed by atoms with E-state index in [0.717, 1.165) is 23.5 Å². The molecule has 0 unspecified atom stereocenters. The number of piperidine rings is 1. The number of aromatic nitrogens is 2. The number of pyridine rings is 2. The predicted octanol–water partition coefficient (Wildman–Crippen LogP) is 2.41. The molecule has 2 aromatic rings. The SMILES string of the molecule is CCCNC(=O)c1ccc(N2CCC(O)(c3ccc(C)cn3)CC2)nc1. The monoisotopic (exact) mass is 354 g/mol. The van der Waals surface area contributed by atoms with Gasteiger partial charge in [0.15, 0.2) is 0 Å². The quantitative estimate of drug-likeness (QED) is 0.862. The van der Waals surface area contributed by atoms with E-state index in [4.69, 9.17) is 0 Å². The summed E-state index contributed by atoms with van der Waals surface area (Å²) < 4.78 is 0. The smallest absolute Gasteiger partial charge is 0.252 e. The molecule has 6 nitrogen and oxygen atoms in total. The number of hydrogen-bond donors (Lipinski definition) is 2. The number of aryl methyl sites for hydroxylation is 1. The lowest BCUT2D eigenvalue weighted by molar-refractivity contribution is 0.00748. The van der Waals surface area contributed by atoms with Gasteiger partial charge in [-0.1, -0.05) is 13.0 Å². The van der Waals surface area contributed by atoms with Crippen molar-refractivity contribution in [3.8, 4) is 0 Å². The summed E-state index contributed by atoms with van der Waals surface area (Å²) >= 11 is 0. The Labute approximate surface area is 154 Å². The Morgan fingerprint density at radius 1 is 1.19 bits per heavy atom. The number of nitrogens with zero attached hydrogens (tertiary/aromatic N) is 3. The van der Waals surface area contributed by atoms with Crippen molar-refractivity contribution in [2.45, 2.75) is 38.7 Å². The predicted molar refractivity (Wildman–Crippen MR) is 101 cm³/mol. The first kappa shape index (κ1) is 18.3. The van der Waals surface area contributed by atoms with Gasteiger partial charge in [0.05, 0.1) is 11.3 Å². The highest BCUT2D eigenvalue weighted by molar-refractivity contribution is 5.94. The third kappa shape index (κ3) is 4.02. The maximum Gasteiger partial charge on any atom is 0.252 e.